The third-order valence-corrected chi connectivity index (χ3v) is 3.56. The lowest BCUT2D eigenvalue weighted by Gasteiger charge is -2.25. The molecule has 1 aliphatic heterocycles. The van der Waals surface area contributed by atoms with Gasteiger partial charge in [0.25, 0.3) is 0 Å². The highest BCUT2D eigenvalue weighted by atomic mass is 16.6. The molecule has 1 heterocycles. The summed E-state index contributed by atoms with van der Waals surface area (Å²) < 4.78 is 14.8. The van der Waals surface area contributed by atoms with Crippen molar-refractivity contribution in [2.24, 2.45) is 5.92 Å². The number of nitrogens with zero attached hydrogens (tertiary/aromatic N) is 1. The summed E-state index contributed by atoms with van der Waals surface area (Å²) in [5, 5.41) is 18.1. The molecule has 9 heteroatoms. The van der Waals surface area contributed by atoms with Crippen molar-refractivity contribution in [3.63, 3.8) is 0 Å². The van der Waals surface area contributed by atoms with Crippen molar-refractivity contribution in [1.29, 1.82) is 0 Å². The van der Waals surface area contributed by atoms with Gasteiger partial charge in [-0.3, -0.25) is 14.5 Å². The molecule has 2 unspecified atom stereocenters. The number of carbonyl (C=O) groups is 3. The lowest BCUT2D eigenvalue weighted by Crippen LogP contribution is -2.39. The molecule has 0 radical (unpaired) electrons. The average molecular weight is 347 g/mol. The minimum Gasteiger partial charge on any atom is -0.466 e. The maximum absolute atomic E-state index is 12.3. The number of hydrogen-bond donors (Lipinski definition) is 2. The van der Waals surface area contributed by atoms with E-state index in [1.165, 1.54) is 6.92 Å². The van der Waals surface area contributed by atoms with Gasteiger partial charge in [-0.25, -0.2) is 4.79 Å². The minimum atomic E-state index is -0.905. The molecular formula is C15H25NO8. The molecule has 0 aromatic carbocycles. The summed E-state index contributed by atoms with van der Waals surface area (Å²) in [5.41, 5.74) is 0. The van der Waals surface area contributed by atoms with Crippen LogP contribution in [0.3, 0.4) is 0 Å². The molecule has 1 rings (SSSR count). The summed E-state index contributed by atoms with van der Waals surface area (Å²) in [4.78, 5) is 36.3. The summed E-state index contributed by atoms with van der Waals surface area (Å²) in [6.45, 7) is 2.05. The quantitative estimate of drug-likeness (QED) is 0.347. The number of aliphatic hydroxyl groups is 2. The van der Waals surface area contributed by atoms with Crippen LogP contribution in [0.1, 0.15) is 19.8 Å². The Bertz CT molecular complexity index is 422. The van der Waals surface area contributed by atoms with Gasteiger partial charge in [0.1, 0.15) is 0 Å². The van der Waals surface area contributed by atoms with Crippen molar-refractivity contribution in [3.8, 4) is 0 Å². The fraction of sp³-hybridized carbons (Fsp3) is 0.800. The first-order valence-electron chi connectivity index (χ1n) is 7.92. The van der Waals surface area contributed by atoms with E-state index in [-0.39, 0.29) is 52.5 Å². The molecule has 0 bridgehead atoms. The summed E-state index contributed by atoms with van der Waals surface area (Å²) in [7, 11) is 0. The second kappa shape index (κ2) is 11.0. The van der Waals surface area contributed by atoms with Crippen molar-refractivity contribution < 1.29 is 38.8 Å². The van der Waals surface area contributed by atoms with Crippen LogP contribution in [0.4, 0.5) is 0 Å². The van der Waals surface area contributed by atoms with Crippen molar-refractivity contribution in [1.82, 2.24) is 4.90 Å². The van der Waals surface area contributed by atoms with E-state index in [1.807, 2.05) is 0 Å². The van der Waals surface area contributed by atoms with E-state index in [1.54, 1.807) is 4.90 Å². The summed E-state index contributed by atoms with van der Waals surface area (Å²) in [6, 6.07) is 0. The molecule has 1 saturated heterocycles. The molecule has 0 aromatic heterocycles. The van der Waals surface area contributed by atoms with Gasteiger partial charge < -0.3 is 24.4 Å². The lowest BCUT2D eigenvalue weighted by molar-refractivity contribution is -0.164. The number of ether oxygens (including phenoxy) is 3. The molecule has 2 N–H and O–H groups in total. The SMILES string of the molecule is CC(=O)OCCC(CN(CCO)CCO)C(=O)OC1CCOC1=O. The normalized spacial score (nSPS) is 18.3. The van der Waals surface area contributed by atoms with Crippen LogP contribution in [0.15, 0.2) is 0 Å². The standard InChI is InChI=1S/C15H25NO8/c1-11(19)22-8-2-12(10-16(4-6-17)5-7-18)14(20)24-13-3-9-23-15(13)21/h12-13,17-18H,2-10H2,1H3. The molecule has 138 valence electrons. The number of aliphatic hydroxyl groups excluding tert-OH is 2. The van der Waals surface area contributed by atoms with Gasteiger partial charge in [-0.05, 0) is 6.42 Å². The van der Waals surface area contributed by atoms with Gasteiger partial charge in [-0.15, -0.1) is 0 Å². The Morgan fingerprint density at radius 2 is 2.00 bits per heavy atom. The molecule has 9 nitrogen and oxygen atoms in total. The maximum Gasteiger partial charge on any atom is 0.347 e. The second-order valence-corrected chi connectivity index (χ2v) is 5.46. The highest BCUT2D eigenvalue weighted by molar-refractivity contribution is 5.81. The molecule has 0 saturated carbocycles. The number of esters is 3. The van der Waals surface area contributed by atoms with Gasteiger partial charge >= 0.3 is 17.9 Å². The maximum atomic E-state index is 12.3. The van der Waals surface area contributed by atoms with Gasteiger partial charge in [0.2, 0.25) is 6.10 Å². The van der Waals surface area contributed by atoms with Gasteiger partial charge in [-0.1, -0.05) is 0 Å². The zero-order valence-corrected chi connectivity index (χ0v) is 13.8. The largest absolute Gasteiger partial charge is 0.466 e. The third-order valence-electron chi connectivity index (χ3n) is 3.56. The van der Waals surface area contributed by atoms with E-state index in [0.29, 0.717) is 6.42 Å². The first-order valence-corrected chi connectivity index (χ1v) is 7.92. The number of cyclic esters (lactones) is 1. The predicted molar refractivity (Wildman–Crippen MR) is 80.8 cm³/mol. The van der Waals surface area contributed by atoms with Crippen LogP contribution in [-0.4, -0.2) is 85.2 Å². The molecule has 0 spiro atoms. The predicted octanol–water partition coefficient (Wildman–Crippen LogP) is -1.30. The van der Waals surface area contributed by atoms with E-state index in [9.17, 15) is 14.4 Å². The Hall–Kier alpha value is -1.71. The highest BCUT2D eigenvalue weighted by Crippen LogP contribution is 2.16. The van der Waals surface area contributed by atoms with Crippen molar-refractivity contribution in [3.05, 3.63) is 0 Å². The van der Waals surface area contributed by atoms with E-state index >= 15 is 0 Å². The Labute approximate surface area is 140 Å². The van der Waals surface area contributed by atoms with Crippen LogP contribution in [0.2, 0.25) is 0 Å². The van der Waals surface area contributed by atoms with Gasteiger partial charge in [0, 0.05) is 33.0 Å². The Morgan fingerprint density at radius 1 is 1.33 bits per heavy atom. The van der Waals surface area contributed by atoms with Crippen molar-refractivity contribution >= 4 is 17.9 Å². The summed E-state index contributed by atoms with van der Waals surface area (Å²) in [5.74, 6) is -2.27. The van der Waals surface area contributed by atoms with Crippen LogP contribution < -0.4 is 0 Å². The van der Waals surface area contributed by atoms with Gasteiger partial charge in [0.05, 0.1) is 32.3 Å². The van der Waals surface area contributed by atoms with E-state index in [0.717, 1.165) is 0 Å². The molecule has 1 fully saturated rings. The molecule has 0 aromatic rings. The third kappa shape index (κ3) is 7.24. The zero-order valence-electron chi connectivity index (χ0n) is 13.8. The van der Waals surface area contributed by atoms with Gasteiger partial charge in [-0.2, -0.15) is 0 Å². The fourth-order valence-electron chi connectivity index (χ4n) is 2.34. The summed E-state index contributed by atoms with van der Waals surface area (Å²) >= 11 is 0. The minimum absolute atomic E-state index is 0.0380. The van der Waals surface area contributed by atoms with Crippen LogP contribution >= 0.6 is 0 Å². The summed E-state index contributed by atoms with van der Waals surface area (Å²) in [6.07, 6.45) is -0.371. The average Bonchev–Trinajstić information content (AvgIpc) is 2.91. The number of hydrogen-bond acceptors (Lipinski definition) is 9. The van der Waals surface area contributed by atoms with Crippen LogP contribution in [0, 0.1) is 5.92 Å². The first kappa shape index (κ1) is 20.3. The topological polar surface area (TPSA) is 123 Å². The van der Waals surface area contributed by atoms with E-state index < -0.39 is 29.9 Å². The Balaban J connectivity index is 2.64. The fourth-order valence-corrected chi connectivity index (χ4v) is 2.34. The van der Waals surface area contributed by atoms with Crippen LogP contribution in [0.25, 0.3) is 0 Å². The molecule has 24 heavy (non-hydrogen) atoms. The molecule has 0 aliphatic carbocycles. The van der Waals surface area contributed by atoms with Crippen LogP contribution in [0.5, 0.6) is 0 Å². The zero-order chi connectivity index (χ0) is 17.9. The number of rotatable bonds is 11. The monoisotopic (exact) mass is 347 g/mol. The van der Waals surface area contributed by atoms with Crippen molar-refractivity contribution in [2.45, 2.75) is 25.9 Å². The van der Waals surface area contributed by atoms with E-state index in [2.05, 4.69) is 0 Å². The molecule has 0 amide bonds. The second-order valence-electron chi connectivity index (χ2n) is 5.46. The smallest absolute Gasteiger partial charge is 0.347 e. The Morgan fingerprint density at radius 3 is 2.50 bits per heavy atom. The molecular weight excluding hydrogens is 322 g/mol. The molecule has 1 aliphatic rings. The van der Waals surface area contributed by atoms with Crippen molar-refractivity contribution in [2.75, 3.05) is 46.1 Å². The highest BCUT2D eigenvalue weighted by Gasteiger charge is 2.33. The Kier molecular flexibility index (Phi) is 9.28. The lowest BCUT2D eigenvalue weighted by atomic mass is 10.1. The molecule has 2 atom stereocenters. The van der Waals surface area contributed by atoms with Crippen LogP contribution in [-0.2, 0) is 28.6 Å². The number of carbonyl (C=O) groups excluding carboxylic acids is 3. The van der Waals surface area contributed by atoms with Gasteiger partial charge in [0.15, 0.2) is 0 Å². The first-order chi connectivity index (χ1) is 11.5. The van der Waals surface area contributed by atoms with E-state index in [4.69, 9.17) is 24.4 Å².